The maximum absolute atomic E-state index is 5.53. The predicted octanol–water partition coefficient (Wildman–Crippen LogP) is 3.39. The van der Waals surface area contributed by atoms with Crippen molar-refractivity contribution in [3.05, 3.63) is 29.3 Å². The number of rotatable bonds is 5. The van der Waals surface area contributed by atoms with Crippen molar-refractivity contribution in [1.29, 1.82) is 0 Å². The number of benzene rings is 1. The van der Waals surface area contributed by atoms with Crippen molar-refractivity contribution in [2.75, 3.05) is 33.8 Å². The molecule has 0 aromatic heterocycles. The Morgan fingerprint density at radius 2 is 2.00 bits per heavy atom. The minimum absolute atomic E-state index is 0.317. The zero-order valence-electron chi connectivity index (χ0n) is 14.2. The van der Waals surface area contributed by atoms with Gasteiger partial charge >= 0.3 is 0 Å². The first-order valence-electron chi connectivity index (χ1n) is 8.00. The monoisotopic (exact) mass is 290 g/mol. The fourth-order valence-corrected chi connectivity index (χ4v) is 3.02. The first-order valence-corrected chi connectivity index (χ1v) is 8.00. The molecule has 0 amide bonds. The quantitative estimate of drug-likeness (QED) is 0.899. The van der Waals surface area contributed by atoms with Gasteiger partial charge in [0.25, 0.3) is 0 Å². The largest absolute Gasteiger partial charge is 0.496 e. The summed E-state index contributed by atoms with van der Waals surface area (Å²) in [5, 5.41) is 3.72. The van der Waals surface area contributed by atoms with Crippen molar-refractivity contribution < 1.29 is 4.74 Å². The lowest BCUT2D eigenvalue weighted by Crippen LogP contribution is -2.42. The number of nitrogens with one attached hydrogen (secondary N) is 1. The van der Waals surface area contributed by atoms with Gasteiger partial charge in [-0.3, -0.25) is 0 Å². The third-order valence-corrected chi connectivity index (χ3v) is 4.88. The zero-order chi connectivity index (χ0) is 15.5. The molecule has 0 radical (unpaired) electrons. The summed E-state index contributed by atoms with van der Waals surface area (Å²) in [7, 11) is 3.97. The van der Waals surface area contributed by atoms with Crippen LogP contribution >= 0.6 is 0 Å². The summed E-state index contributed by atoms with van der Waals surface area (Å²) >= 11 is 0. The summed E-state index contributed by atoms with van der Waals surface area (Å²) in [6.45, 7) is 10.2. The van der Waals surface area contributed by atoms with E-state index in [1.54, 1.807) is 7.11 Å². The van der Waals surface area contributed by atoms with Gasteiger partial charge in [-0.25, -0.2) is 0 Å². The molecular weight excluding hydrogens is 260 g/mol. The topological polar surface area (TPSA) is 24.5 Å². The molecule has 21 heavy (non-hydrogen) atoms. The molecule has 1 aliphatic rings. The summed E-state index contributed by atoms with van der Waals surface area (Å²) < 4.78 is 5.53. The van der Waals surface area contributed by atoms with Gasteiger partial charge in [-0.2, -0.15) is 0 Å². The van der Waals surface area contributed by atoms with Gasteiger partial charge in [0.15, 0.2) is 0 Å². The first kappa shape index (κ1) is 16.3. The second-order valence-electron chi connectivity index (χ2n) is 6.96. The summed E-state index contributed by atoms with van der Waals surface area (Å²) in [6.07, 6.45) is 2.54. The van der Waals surface area contributed by atoms with Gasteiger partial charge in [-0.1, -0.05) is 19.1 Å². The van der Waals surface area contributed by atoms with Gasteiger partial charge in [0.2, 0.25) is 0 Å². The number of nitrogens with zero attached hydrogens (tertiary/aromatic N) is 1. The van der Waals surface area contributed by atoms with E-state index in [1.165, 1.54) is 37.1 Å². The molecule has 118 valence electrons. The van der Waals surface area contributed by atoms with Crippen LogP contribution in [0.25, 0.3) is 0 Å². The molecule has 1 N–H and O–H groups in total. The predicted molar refractivity (Wildman–Crippen MR) is 89.0 cm³/mol. The van der Waals surface area contributed by atoms with Crippen molar-refractivity contribution in [3.63, 3.8) is 0 Å². The molecule has 0 aliphatic carbocycles. The first-order chi connectivity index (χ1) is 9.93. The second kappa shape index (κ2) is 6.80. The van der Waals surface area contributed by atoms with Gasteiger partial charge in [0.05, 0.1) is 7.11 Å². The standard InChI is InChI=1S/C18H30N2O/c1-14-6-7-16(17(12-14)21-5)15(2)19-13-18(3)8-10-20(4)11-9-18/h6-7,12,15,19H,8-11,13H2,1-5H3. The Balaban J connectivity index is 1.97. The van der Waals surface area contributed by atoms with E-state index in [9.17, 15) is 0 Å². The van der Waals surface area contributed by atoms with E-state index in [4.69, 9.17) is 4.74 Å². The molecule has 1 aromatic rings. The molecule has 1 unspecified atom stereocenters. The van der Waals surface area contributed by atoms with Crippen molar-refractivity contribution in [3.8, 4) is 5.75 Å². The molecule has 2 rings (SSSR count). The van der Waals surface area contributed by atoms with Crippen LogP contribution in [0.5, 0.6) is 5.75 Å². The van der Waals surface area contributed by atoms with Crippen LogP contribution < -0.4 is 10.1 Å². The third kappa shape index (κ3) is 4.21. The number of hydrogen-bond acceptors (Lipinski definition) is 3. The number of hydrogen-bond donors (Lipinski definition) is 1. The van der Waals surface area contributed by atoms with E-state index in [0.717, 1.165) is 12.3 Å². The number of piperidine rings is 1. The van der Waals surface area contributed by atoms with Crippen LogP contribution in [0.3, 0.4) is 0 Å². The third-order valence-electron chi connectivity index (χ3n) is 4.88. The Hall–Kier alpha value is -1.06. The van der Waals surface area contributed by atoms with Gasteiger partial charge < -0.3 is 15.0 Å². The van der Waals surface area contributed by atoms with E-state index < -0.39 is 0 Å². The Morgan fingerprint density at radius 3 is 2.62 bits per heavy atom. The maximum Gasteiger partial charge on any atom is 0.123 e. The smallest absolute Gasteiger partial charge is 0.123 e. The molecule has 0 bridgehead atoms. The van der Waals surface area contributed by atoms with E-state index >= 15 is 0 Å². The Labute approximate surface area is 129 Å². The van der Waals surface area contributed by atoms with Crippen LogP contribution in [0.1, 0.15) is 43.9 Å². The summed E-state index contributed by atoms with van der Waals surface area (Å²) in [5.41, 5.74) is 2.91. The van der Waals surface area contributed by atoms with Crippen molar-refractivity contribution in [1.82, 2.24) is 10.2 Å². The number of aryl methyl sites for hydroxylation is 1. The van der Waals surface area contributed by atoms with E-state index in [0.29, 0.717) is 11.5 Å². The van der Waals surface area contributed by atoms with Crippen LogP contribution in [-0.4, -0.2) is 38.7 Å². The van der Waals surface area contributed by atoms with Crippen molar-refractivity contribution in [2.24, 2.45) is 5.41 Å². The second-order valence-corrected chi connectivity index (χ2v) is 6.96. The average molecular weight is 290 g/mol. The SMILES string of the molecule is COc1cc(C)ccc1C(C)NCC1(C)CCN(C)CC1. The Kier molecular flexibility index (Phi) is 5.28. The average Bonchev–Trinajstić information content (AvgIpc) is 2.48. The normalized spacial score (nSPS) is 20.2. The van der Waals surface area contributed by atoms with Gasteiger partial charge in [-0.15, -0.1) is 0 Å². The van der Waals surface area contributed by atoms with Crippen molar-refractivity contribution in [2.45, 2.75) is 39.7 Å². The lowest BCUT2D eigenvalue weighted by molar-refractivity contribution is 0.134. The van der Waals surface area contributed by atoms with E-state index in [2.05, 4.69) is 56.2 Å². The molecule has 1 aliphatic heterocycles. The fraction of sp³-hybridized carbons (Fsp3) is 0.667. The molecule has 1 fully saturated rings. The highest BCUT2D eigenvalue weighted by molar-refractivity contribution is 5.39. The highest BCUT2D eigenvalue weighted by Crippen LogP contribution is 2.31. The van der Waals surface area contributed by atoms with Crippen LogP contribution in [-0.2, 0) is 0 Å². The molecule has 0 saturated carbocycles. The fourth-order valence-electron chi connectivity index (χ4n) is 3.02. The molecule has 3 heteroatoms. The lowest BCUT2D eigenvalue weighted by Gasteiger charge is -2.38. The van der Waals surface area contributed by atoms with Crippen LogP contribution in [0.15, 0.2) is 18.2 Å². The molecule has 0 spiro atoms. The van der Waals surface area contributed by atoms with Crippen LogP contribution in [0, 0.1) is 12.3 Å². The highest BCUT2D eigenvalue weighted by atomic mass is 16.5. The van der Waals surface area contributed by atoms with Gasteiger partial charge in [0, 0.05) is 18.2 Å². The molecule has 1 atom stereocenters. The minimum atomic E-state index is 0.317. The molecular formula is C18H30N2O. The van der Waals surface area contributed by atoms with Gasteiger partial charge in [0.1, 0.15) is 5.75 Å². The molecule has 1 saturated heterocycles. The lowest BCUT2D eigenvalue weighted by atomic mass is 9.80. The van der Waals surface area contributed by atoms with Crippen LogP contribution in [0.2, 0.25) is 0 Å². The van der Waals surface area contributed by atoms with Crippen LogP contribution in [0.4, 0.5) is 0 Å². The maximum atomic E-state index is 5.53. The molecule has 1 heterocycles. The number of methoxy groups -OCH3 is 1. The minimum Gasteiger partial charge on any atom is -0.496 e. The number of ether oxygens (including phenoxy) is 1. The van der Waals surface area contributed by atoms with E-state index in [-0.39, 0.29) is 0 Å². The summed E-state index contributed by atoms with van der Waals surface area (Å²) in [6, 6.07) is 6.78. The van der Waals surface area contributed by atoms with Crippen molar-refractivity contribution >= 4 is 0 Å². The van der Waals surface area contributed by atoms with Gasteiger partial charge in [-0.05, 0) is 63.9 Å². The molecule has 1 aromatic carbocycles. The highest BCUT2D eigenvalue weighted by Gasteiger charge is 2.29. The number of likely N-dealkylation sites (tertiary alicyclic amines) is 1. The summed E-state index contributed by atoms with van der Waals surface area (Å²) in [4.78, 5) is 2.42. The van der Waals surface area contributed by atoms with E-state index in [1.807, 2.05) is 0 Å². The Morgan fingerprint density at radius 1 is 1.33 bits per heavy atom. The zero-order valence-corrected chi connectivity index (χ0v) is 14.2. The Bertz CT molecular complexity index is 464. The molecule has 3 nitrogen and oxygen atoms in total. The summed E-state index contributed by atoms with van der Waals surface area (Å²) in [5.74, 6) is 0.989.